The van der Waals surface area contributed by atoms with Gasteiger partial charge in [-0.2, -0.15) is 9.65 Å². The Balaban J connectivity index is 2.55. The lowest BCUT2D eigenvalue weighted by Gasteiger charge is -2.06. The number of hydrogen-bond donors (Lipinski definition) is 0. The van der Waals surface area contributed by atoms with Gasteiger partial charge in [0, 0.05) is 5.56 Å². The van der Waals surface area contributed by atoms with Crippen molar-refractivity contribution in [1.82, 2.24) is 4.98 Å². The molecule has 0 spiro atoms. The van der Waals surface area contributed by atoms with Gasteiger partial charge < -0.3 is 0 Å². The first-order valence-electron chi connectivity index (χ1n) is 4.99. The molecular formula is C13H8F2N2. The van der Waals surface area contributed by atoms with Gasteiger partial charge in [-0.1, -0.05) is 12.1 Å². The standard InChI is InChI=1S/C13H8F2N2/c14-10-3-1-2-9(8-10)11-4-5-13(15)17-12(11)6-7-16/h1-5,8H,6H2. The fraction of sp³-hybridized carbons (Fsp3) is 0.0769. The third-order valence-electron chi connectivity index (χ3n) is 2.32. The van der Waals surface area contributed by atoms with Gasteiger partial charge in [0.1, 0.15) is 5.82 Å². The summed E-state index contributed by atoms with van der Waals surface area (Å²) in [4.78, 5) is 3.66. The lowest BCUT2D eigenvalue weighted by molar-refractivity contribution is 0.579. The number of pyridine rings is 1. The van der Waals surface area contributed by atoms with Crippen molar-refractivity contribution in [2.24, 2.45) is 0 Å². The third kappa shape index (κ3) is 2.45. The van der Waals surface area contributed by atoms with E-state index in [0.29, 0.717) is 16.8 Å². The molecule has 2 nitrogen and oxygen atoms in total. The van der Waals surface area contributed by atoms with Crippen molar-refractivity contribution in [2.75, 3.05) is 0 Å². The van der Waals surface area contributed by atoms with Gasteiger partial charge in [0.15, 0.2) is 0 Å². The van der Waals surface area contributed by atoms with E-state index in [0.717, 1.165) is 0 Å². The maximum absolute atomic E-state index is 13.1. The maximum Gasteiger partial charge on any atom is 0.213 e. The summed E-state index contributed by atoms with van der Waals surface area (Å²) in [5.41, 5.74) is 1.48. The molecule has 2 aromatic rings. The van der Waals surface area contributed by atoms with Crippen molar-refractivity contribution < 1.29 is 8.78 Å². The van der Waals surface area contributed by atoms with Gasteiger partial charge in [0.2, 0.25) is 5.95 Å². The highest BCUT2D eigenvalue weighted by atomic mass is 19.1. The van der Waals surface area contributed by atoms with Gasteiger partial charge >= 0.3 is 0 Å². The third-order valence-corrected chi connectivity index (χ3v) is 2.32. The molecule has 1 aromatic carbocycles. The molecule has 0 radical (unpaired) electrons. The fourth-order valence-corrected chi connectivity index (χ4v) is 1.60. The number of benzene rings is 1. The fourth-order valence-electron chi connectivity index (χ4n) is 1.60. The van der Waals surface area contributed by atoms with Crippen molar-refractivity contribution in [1.29, 1.82) is 5.26 Å². The minimum Gasteiger partial charge on any atom is -0.223 e. The Hall–Kier alpha value is -2.28. The number of aromatic nitrogens is 1. The van der Waals surface area contributed by atoms with Crippen LogP contribution in [0.15, 0.2) is 36.4 Å². The van der Waals surface area contributed by atoms with Crippen molar-refractivity contribution in [2.45, 2.75) is 6.42 Å². The van der Waals surface area contributed by atoms with E-state index in [1.165, 1.54) is 24.3 Å². The predicted octanol–water partition coefficient (Wildman–Crippen LogP) is 3.09. The monoisotopic (exact) mass is 230 g/mol. The second-order valence-corrected chi connectivity index (χ2v) is 3.47. The average Bonchev–Trinajstić information content (AvgIpc) is 2.29. The number of hydrogen-bond acceptors (Lipinski definition) is 2. The molecule has 0 aliphatic carbocycles. The second-order valence-electron chi connectivity index (χ2n) is 3.47. The Bertz CT molecular complexity index is 588. The highest BCUT2D eigenvalue weighted by molar-refractivity contribution is 5.66. The van der Waals surface area contributed by atoms with E-state index in [-0.39, 0.29) is 12.2 Å². The van der Waals surface area contributed by atoms with E-state index in [4.69, 9.17) is 5.26 Å². The molecule has 1 heterocycles. The molecule has 2 rings (SSSR count). The molecule has 0 N–H and O–H groups in total. The molecule has 0 bridgehead atoms. The van der Waals surface area contributed by atoms with Crippen LogP contribution in [0.5, 0.6) is 0 Å². The highest BCUT2D eigenvalue weighted by Crippen LogP contribution is 2.23. The zero-order valence-electron chi connectivity index (χ0n) is 8.82. The number of nitrogens with zero attached hydrogens (tertiary/aromatic N) is 2. The molecule has 17 heavy (non-hydrogen) atoms. The summed E-state index contributed by atoms with van der Waals surface area (Å²) in [5.74, 6) is -1.02. The van der Waals surface area contributed by atoms with Crippen LogP contribution in [0.3, 0.4) is 0 Å². The van der Waals surface area contributed by atoms with Crippen LogP contribution in [-0.2, 0) is 6.42 Å². The number of rotatable bonds is 2. The van der Waals surface area contributed by atoms with E-state index in [2.05, 4.69) is 4.98 Å². The van der Waals surface area contributed by atoms with Crippen LogP contribution in [0.1, 0.15) is 5.69 Å². The SMILES string of the molecule is N#CCc1nc(F)ccc1-c1cccc(F)c1. The molecule has 0 amide bonds. The van der Waals surface area contributed by atoms with Crippen LogP contribution in [0.2, 0.25) is 0 Å². The van der Waals surface area contributed by atoms with Crippen LogP contribution in [0.25, 0.3) is 11.1 Å². The quantitative estimate of drug-likeness (QED) is 0.743. The highest BCUT2D eigenvalue weighted by Gasteiger charge is 2.08. The van der Waals surface area contributed by atoms with Gasteiger partial charge in [-0.25, -0.2) is 9.37 Å². The molecule has 4 heteroatoms. The summed E-state index contributed by atoms with van der Waals surface area (Å²) in [6.45, 7) is 0. The smallest absolute Gasteiger partial charge is 0.213 e. The number of halogens is 2. The lowest BCUT2D eigenvalue weighted by atomic mass is 10.0. The first-order chi connectivity index (χ1) is 8.20. The zero-order chi connectivity index (χ0) is 12.3. The molecule has 0 aliphatic rings. The van der Waals surface area contributed by atoms with Crippen LogP contribution in [0, 0.1) is 23.1 Å². The summed E-state index contributed by atoms with van der Waals surface area (Å²) in [6.07, 6.45) is -0.0103. The summed E-state index contributed by atoms with van der Waals surface area (Å²) in [5, 5.41) is 8.65. The summed E-state index contributed by atoms with van der Waals surface area (Å²) >= 11 is 0. The van der Waals surface area contributed by atoms with Gasteiger partial charge in [-0.05, 0) is 29.8 Å². The Morgan fingerprint density at radius 2 is 2.00 bits per heavy atom. The van der Waals surface area contributed by atoms with Gasteiger partial charge in [0.25, 0.3) is 0 Å². The summed E-state index contributed by atoms with van der Waals surface area (Å²) < 4.78 is 26.1. The normalized spacial score (nSPS) is 9.94. The first-order valence-corrected chi connectivity index (χ1v) is 4.99. The van der Waals surface area contributed by atoms with Crippen LogP contribution < -0.4 is 0 Å². The van der Waals surface area contributed by atoms with Crippen molar-refractivity contribution in [3.63, 3.8) is 0 Å². The van der Waals surface area contributed by atoms with Crippen molar-refractivity contribution >= 4 is 0 Å². The molecule has 0 atom stereocenters. The van der Waals surface area contributed by atoms with E-state index in [1.807, 2.05) is 6.07 Å². The summed E-state index contributed by atoms with van der Waals surface area (Å²) in [6, 6.07) is 10.5. The van der Waals surface area contributed by atoms with Gasteiger partial charge in [-0.3, -0.25) is 0 Å². The molecular weight excluding hydrogens is 222 g/mol. The number of nitriles is 1. The topological polar surface area (TPSA) is 36.7 Å². The molecule has 1 aromatic heterocycles. The van der Waals surface area contributed by atoms with E-state index in [1.54, 1.807) is 12.1 Å². The minimum absolute atomic E-state index is 0.0103. The Morgan fingerprint density at radius 3 is 2.71 bits per heavy atom. The van der Waals surface area contributed by atoms with E-state index in [9.17, 15) is 8.78 Å². The van der Waals surface area contributed by atoms with E-state index < -0.39 is 5.95 Å². The maximum atomic E-state index is 13.1. The Morgan fingerprint density at radius 1 is 1.18 bits per heavy atom. The Labute approximate surface area is 97.2 Å². The minimum atomic E-state index is -0.643. The zero-order valence-corrected chi connectivity index (χ0v) is 8.82. The van der Waals surface area contributed by atoms with Crippen molar-refractivity contribution in [3.05, 3.63) is 53.9 Å². The molecule has 0 saturated carbocycles. The van der Waals surface area contributed by atoms with Crippen LogP contribution >= 0.6 is 0 Å². The van der Waals surface area contributed by atoms with E-state index >= 15 is 0 Å². The van der Waals surface area contributed by atoms with Crippen LogP contribution in [-0.4, -0.2) is 4.98 Å². The summed E-state index contributed by atoms with van der Waals surface area (Å²) in [7, 11) is 0. The van der Waals surface area contributed by atoms with Gasteiger partial charge in [0.05, 0.1) is 18.2 Å². The Kier molecular flexibility index (Phi) is 3.10. The average molecular weight is 230 g/mol. The molecule has 0 saturated heterocycles. The molecule has 84 valence electrons. The molecule has 0 aliphatic heterocycles. The van der Waals surface area contributed by atoms with Gasteiger partial charge in [-0.15, -0.1) is 0 Å². The largest absolute Gasteiger partial charge is 0.223 e. The molecule has 0 unspecified atom stereocenters. The van der Waals surface area contributed by atoms with Crippen LogP contribution in [0.4, 0.5) is 8.78 Å². The molecule has 0 fully saturated rings. The van der Waals surface area contributed by atoms with Crippen molar-refractivity contribution in [3.8, 4) is 17.2 Å². The predicted molar refractivity (Wildman–Crippen MR) is 58.9 cm³/mol. The first kappa shape index (κ1) is 11.2. The lowest BCUT2D eigenvalue weighted by Crippen LogP contribution is -1.96. The second kappa shape index (κ2) is 4.71.